The molecule has 0 radical (unpaired) electrons. The Hall–Kier alpha value is -2.91. The summed E-state index contributed by atoms with van der Waals surface area (Å²) < 4.78 is 1.24. The lowest BCUT2D eigenvalue weighted by Gasteiger charge is -2.12. The summed E-state index contributed by atoms with van der Waals surface area (Å²) in [6, 6.07) is 21.3. The van der Waals surface area contributed by atoms with Crippen LogP contribution in [0.15, 0.2) is 77.6 Å². The topological polar surface area (TPSA) is 39.1 Å². The zero-order valence-corrected chi connectivity index (χ0v) is 13.3. The monoisotopic (exact) mass is 333 g/mol. The van der Waals surface area contributed by atoms with Crippen LogP contribution in [0.3, 0.4) is 0 Å². The zero-order chi connectivity index (χ0) is 16.7. The molecule has 0 atom stereocenters. The molecule has 4 rings (SSSR count). The van der Waals surface area contributed by atoms with Gasteiger partial charge in [-0.05, 0) is 41.8 Å². The van der Waals surface area contributed by atoms with Gasteiger partial charge < -0.3 is 0 Å². The standard InChI is InChI=1S/C20H12ClNO2/c21-14-11-9-13(10-12-14)19(23)22-18-8-4-3-6-16(18)15-5-1-2-7-17(15)20(22)24/h1-12H. The van der Waals surface area contributed by atoms with Crippen molar-refractivity contribution < 1.29 is 4.79 Å². The van der Waals surface area contributed by atoms with Gasteiger partial charge in [0.05, 0.1) is 5.52 Å². The second kappa shape index (κ2) is 5.62. The lowest BCUT2D eigenvalue weighted by molar-refractivity contribution is 0.0961. The van der Waals surface area contributed by atoms with Crippen molar-refractivity contribution in [2.45, 2.75) is 0 Å². The van der Waals surface area contributed by atoms with E-state index in [9.17, 15) is 9.59 Å². The molecule has 0 saturated heterocycles. The van der Waals surface area contributed by atoms with Crippen LogP contribution in [-0.4, -0.2) is 10.5 Å². The molecule has 0 saturated carbocycles. The van der Waals surface area contributed by atoms with Crippen molar-refractivity contribution in [1.29, 1.82) is 0 Å². The second-order valence-electron chi connectivity index (χ2n) is 5.52. The fourth-order valence-corrected chi connectivity index (χ4v) is 3.08. The molecule has 0 unspecified atom stereocenters. The molecule has 3 nitrogen and oxygen atoms in total. The van der Waals surface area contributed by atoms with Crippen LogP contribution in [0.5, 0.6) is 0 Å². The van der Waals surface area contributed by atoms with E-state index in [1.165, 1.54) is 4.57 Å². The highest BCUT2D eigenvalue weighted by molar-refractivity contribution is 6.30. The Kier molecular flexibility index (Phi) is 3.44. The molecule has 0 amide bonds. The third-order valence-electron chi connectivity index (χ3n) is 4.09. The molecule has 116 valence electrons. The molecule has 0 fully saturated rings. The van der Waals surface area contributed by atoms with Crippen molar-refractivity contribution in [2.75, 3.05) is 0 Å². The second-order valence-corrected chi connectivity index (χ2v) is 5.95. The number of rotatable bonds is 1. The summed E-state index contributed by atoms with van der Waals surface area (Å²) in [6.45, 7) is 0. The maximum absolute atomic E-state index is 13.0. The molecule has 3 aromatic carbocycles. The number of hydrogen-bond acceptors (Lipinski definition) is 2. The largest absolute Gasteiger partial charge is 0.268 e. The summed E-state index contributed by atoms with van der Waals surface area (Å²) in [7, 11) is 0. The van der Waals surface area contributed by atoms with Gasteiger partial charge in [-0.15, -0.1) is 0 Å². The molecule has 24 heavy (non-hydrogen) atoms. The van der Waals surface area contributed by atoms with E-state index in [-0.39, 0.29) is 11.5 Å². The predicted molar refractivity (Wildman–Crippen MR) is 96.9 cm³/mol. The molecule has 1 heterocycles. The van der Waals surface area contributed by atoms with Gasteiger partial charge in [0.1, 0.15) is 0 Å². The molecule has 0 aliphatic carbocycles. The Morgan fingerprint density at radius 2 is 1.33 bits per heavy atom. The molecular formula is C20H12ClNO2. The van der Waals surface area contributed by atoms with Gasteiger partial charge in [0, 0.05) is 21.4 Å². The van der Waals surface area contributed by atoms with Crippen molar-refractivity contribution in [3.8, 4) is 0 Å². The zero-order valence-electron chi connectivity index (χ0n) is 12.6. The van der Waals surface area contributed by atoms with Crippen LogP contribution in [-0.2, 0) is 0 Å². The van der Waals surface area contributed by atoms with Crippen LogP contribution in [0.2, 0.25) is 5.02 Å². The van der Waals surface area contributed by atoms with Crippen LogP contribution in [0, 0.1) is 0 Å². The van der Waals surface area contributed by atoms with Gasteiger partial charge >= 0.3 is 0 Å². The molecule has 4 heteroatoms. The Bertz CT molecular complexity index is 1140. The van der Waals surface area contributed by atoms with Crippen LogP contribution in [0.4, 0.5) is 0 Å². The minimum absolute atomic E-state index is 0.316. The quantitative estimate of drug-likeness (QED) is 0.481. The minimum Gasteiger partial charge on any atom is -0.268 e. The third kappa shape index (κ3) is 2.22. The van der Waals surface area contributed by atoms with Gasteiger partial charge in [-0.25, -0.2) is 4.57 Å². The molecular weight excluding hydrogens is 322 g/mol. The van der Waals surface area contributed by atoms with Crippen molar-refractivity contribution in [3.63, 3.8) is 0 Å². The summed E-state index contributed by atoms with van der Waals surface area (Å²) >= 11 is 5.89. The Labute approximate surface area is 142 Å². The van der Waals surface area contributed by atoms with E-state index < -0.39 is 0 Å². The van der Waals surface area contributed by atoms with E-state index in [0.29, 0.717) is 21.5 Å². The van der Waals surface area contributed by atoms with Crippen molar-refractivity contribution >= 4 is 39.2 Å². The summed E-state index contributed by atoms with van der Waals surface area (Å²) in [5, 5.41) is 2.79. The van der Waals surface area contributed by atoms with E-state index in [1.807, 2.05) is 30.3 Å². The van der Waals surface area contributed by atoms with E-state index in [2.05, 4.69) is 0 Å². The summed E-state index contributed by atoms with van der Waals surface area (Å²) in [5.74, 6) is -0.362. The number of hydrogen-bond donors (Lipinski definition) is 0. The number of nitrogens with zero attached hydrogens (tertiary/aromatic N) is 1. The summed E-state index contributed by atoms with van der Waals surface area (Å²) in [4.78, 5) is 25.9. The van der Waals surface area contributed by atoms with Crippen LogP contribution >= 0.6 is 11.6 Å². The maximum atomic E-state index is 13.0. The minimum atomic E-state index is -0.362. The SMILES string of the molecule is O=C(c1ccc(Cl)cc1)n1c(=O)c2ccccc2c2ccccc21. The first kappa shape index (κ1) is 14.7. The van der Waals surface area contributed by atoms with Gasteiger partial charge in [-0.2, -0.15) is 0 Å². The number of para-hydroxylation sites is 1. The average Bonchev–Trinajstić information content (AvgIpc) is 2.62. The normalized spacial score (nSPS) is 11.0. The van der Waals surface area contributed by atoms with Crippen LogP contribution in [0.25, 0.3) is 21.7 Å². The lowest BCUT2D eigenvalue weighted by atomic mass is 10.1. The molecule has 1 aromatic heterocycles. The van der Waals surface area contributed by atoms with Crippen molar-refractivity contribution in [1.82, 2.24) is 4.57 Å². The number of halogens is 1. The first-order chi connectivity index (χ1) is 11.7. The summed E-state index contributed by atoms with van der Waals surface area (Å²) in [6.07, 6.45) is 0. The molecule has 4 aromatic rings. The van der Waals surface area contributed by atoms with Gasteiger partial charge in [0.2, 0.25) is 0 Å². The maximum Gasteiger partial charge on any atom is 0.265 e. The van der Waals surface area contributed by atoms with Gasteiger partial charge in [-0.3, -0.25) is 9.59 Å². The van der Waals surface area contributed by atoms with Gasteiger partial charge in [0.15, 0.2) is 0 Å². The van der Waals surface area contributed by atoms with E-state index in [1.54, 1.807) is 42.5 Å². The fraction of sp³-hybridized carbons (Fsp3) is 0. The number of pyridine rings is 1. The van der Waals surface area contributed by atoms with Crippen molar-refractivity contribution in [2.24, 2.45) is 0 Å². The van der Waals surface area contributed by atoms with Gasteiger partial charge in [0.25, 0.3) is 11.5 Å². The number of carbonyl (C=O) groups excluding carboxylic acids is 1. The first-order valence-corrected chi connectivity index (χ1v) is 7.87. The first-order valence-electron chi connectivity index (χ1n) is 7.49. The molecule has 0 aliphatic rings. The highest BCUT2D eigenvalue weighted by Gasteiger charge is 2.16. The third-order valence-corrected chi connectivity index (χ3v) is 4.34. The van der Waals surface area contributed by atoms with Crippen LogP contribution in [0.1, 0.15) is 10.4 Å². The average molecular weight is 334 g/mol. The number of fused-ring (bicyclic) bond motifs is 3. The van der Waals surface area contributed by atoms with Gasteiger partial charge in [-0.1, -0.05) is 48.0 Å². The Balaban J connectivity index is 2.10. The van der Waals surface area contributed by atoms with E-state index in [0.717, 1.165) is 10.8 Å². The predicted octanol–water partition coefficient (Wildman–Crippen LogP) is 4.50. The Morgan fingerprint density at radius 1 is 0.750 bits per heavy atom. The smallest absolute Gasteiger partial charge is 0.265 e. The molecule has 0 bridgehead atoms. The molecule has 0 aliphatic heterocycles. The highest BCUT2D eigenvalue weighted by atomic mass is 35.5. The Morgan fingerprint density at radius 3 is 2.04 bits per heavy atom. The highest BCUT2D eigenvalue weighted by Crippen LogP contribution is 2.23. The number of benzene rings is 3. The molecule has 0 spiro atoms. The number of aromatic nitrogens is 1. The van der Waals surface area contributed by atoms with Crippen molar-refractivity contribution in [3.05, 3.63) is 93.7 Å². The molecule has 0 N–H and O–H groups in total. The van der Waals surface area contributed by atoms with E-state index in [4.69, 9.17) is 11.6 Å². The summed E-state index contributed by atoms with van der Waals surface area (Å²) in [5.41, 5.74) is 0.701. The van der Waals surface area contributed by atoms with E-state index >= 15 is 0 Å². The van der Waals surface area contributed by atoms with Crippen LogP contribution < -0.4 is 5.56 Å². The lowest BCUT2D eigenvalue weighted by Crippen LogP contribution is -2.27. The fourth-order valence-electron chi connectivity index (χ4n) is 2.95. The number of carbonyl (C=O) groups is 1.